The molecule has 1 aromatic carbocycles. The van der Waals surface area contributed by atoms with Crippen LogP contribution in [0.1, 0.15) is 36.0 Å². The highest BCUT2D eigenvalue weighted by Gasteiger charge is 2.21. The molecule has 0 radical (unpaired) electrons. The van der Waals surface area contributed by atoms with E-state index in [0.717, 1.165) is 18.7 Å². The van der Waals surface area contributed by atoms with Crippen LogP contribution in [0.3, 0.4) is 0 Å². The SMILES string of the molecule is CCOc1ccccc1-c1noc(COC(=O)c2ccc(NC3CC3)nc2)n1. The highest BCUT2D eigenvalue weighted by Crippen LogP contribution is 2.27. The third kappa shape index (κ3) is 4.28. The van der Waals surface area contributed by atoms with E-state index in [1.807, 2.05) is 31.2 Å². The van der Waals surface area contributed by atoms with Gasteiger partial charge in [0.15, 0.2) is 6.61 Å². The van der Waals surface area contributed by atoms with Crippen molar-refractivity contribution in [3.8, 4) is 17.1 Å². The number of hydrogen-bond donors (Lipinski definition) is 1. The molecule has 0 saturated heterocycles. The molecule has 1 fully saturated rings. The molecule has 3 aromatic rings. The van der Waals surface area contributed by atoms with E-state index in [1.54, 1.807) is 12.1 Å². The summed E-state index contributed by atoms with van der Waals surface area (Å²) in [7, 11) is 0. The quantitative estimate of drug-likeness (QED) is 0.593. The number of carbonyl (C=O) groups excluding carboxylic acids is 1. The maximum absolute atomic E-state index is 12.2. The van der Waals surface area contributed by atoms with Gasteiger partial charge in [0.1, 0.15) is 11.6 Å². The van der Waals surface area contributed by atoms with Crippen LogP contribution in [0, 0.1) is 0 Å². The van der Waals surface area contributed by atoms with Crippen molar-refractivity contribution in [1.82, 2.24) is 15.1 Å². The molecule has 1 saturated carbocycles. The van der Waals surface area contributed by atoms with Crippen LogP contribution in [0.5, 0.6) is 5.75 Å². The van der Waals surface area contributed by atoms with E-state index >= 15 is 0 Å². The molecule has 28 heavy (non-hydrogen) atoms. The fraction of sp³-hybridized carbons (Fsp3) is 0.300. The number of para-hydroxylation sites is 1. The minimum atomic E-state index is -0.500. The summed E-state index contributed by atoms with van der Waals surface area (Å²) in [5.74, 6) is 1.51. The number of esters is 1. The van der Waals surface area contributed by atoms with Crippen molar-refractivity contribution in [3.05, 3.63) is 54.0 Å². The average Bonchev–Trinajstić information content (AvgIpc) is 3.41. The van der Waals surface area contributed by atoms with Gasteiger partial charge in [0, 0.05) is 12.2 Å². The van der Waals surface area contributed by atoms with Gasteiger partial charge in [0.05, 0.1) is 17.7 Å². The van der Waals surface area contributed by atoms with E-state index in [9.17, 15) is 4.79 Å². The van der Waals surface area contributed by atoms with Crippen molar-refractivity contribution in [1.29, 1.82) is 0 Å². The zero-order valence-electron chi connectivity index (χ0n) is 15.4. The largest absolute Gasteiger partial charge is 0.493 e. The van der Waals surface area contributed by atoms with Gasteiger partial charge in [-0.3, -0.25) is 0 Å². The van der Waals surface area contributed by atoms with Gasteiger partial charge < -0.3 is 19.3 Å². The Bertz CT molecular complexity index is 951. The van der Waals surface area contributed by atoms with Crippen LogP contribution in [-0.4, -0.2) is 33.7 Å². The molecule has 1 N–H and O–H groups in total. The average molecular weight is 380 g/mol. The predicted molar refractivity (Wildman–Crippen MR) is 101 cm³/mol. The molecule has 1 aliphatic carbocycles. The van der Waals surface area contributed by atoms with Crippen LogP contribution in [0.25, 0.3) is 11.4 Å². The normalized spacial score (nSPS) is 13.2. The van der Waals surface area contributed by atoms with Crippen LogP contribution in [0.2, 0.25) is 0 Å². The lowest BCUT2D eigenvalue weighted by Crippen LogP contribution is -2.08. The molecular weight excluding hydrogens is 360 g/mol. The second-order valence-electron chi connectivity index (χ2n) is 6.37. The number of pyridine rings is 1. The molecule has 0 unspecified atom stereocenters. The topological polar surface area (TPSA) is 99.4 Å². The molecular formula is C20H20N4O4. The number of ether oxygens (including phenoxy) is 2. The highest BCUT2D eigenvalue weighted by atomic mass is 16.6. The zero-order chi connectivity index (χ0) is 19.3. The minimum absolute atomic E-state index is 0.120. The number of nitrogens with one attached hydrogen (secondary N) is 1. The van der Waals surface area contributed by atoms with Crippen molar-refractivity contribution < 1.29 is 18.8 Å². The first-order chi connectivity index (χ1) is 13.7. The lowest BCUT2D eigenvalue weighted by molar-refractivity contribution is 0.0429. The number of rotatable bonds is 8. The van der Waals surface area contributed by atoms with Gasteiger partial charge in [-0.15, -0.1) is 0 Å². The smallest absolute Gasteiger partial charge is 0.340 e. The fourth-order valence-electron chi connectivity index (χ4n) is 2.60. The van der Waals surface area contributed by atoms with E-state index in [2.05, 4.69) is 20.4 Å². The predicted octanol–water partition coefficient (Wildman–Crippen LogP) is 3.46. The lowest BCUT2D eigenvalue weighted by Gasteiger charge is -2.06. The van der Waals surface area contributed by atoms with Gasteiger partial charge >= 0.3 is 5.97 Å². The van der Waals surface area contributed by atoms with Gasteiger partial charge in [-0.25, -0.2) is 9.78 Å². The first-order valence-electron chi connectivity index (χ1n) is 9.17. The number of anilines is 1. The summed E-state index contributed by atoms with van der Waals surface area (Å²) >= 11 is 0. The van der Waals surface area contributed by atoms with Gasteiger partial charge in [0.2, 0.25) is 5.82 Å². The minimum Gasteiger partial charge on any atom is -0.493 e. The second-order valence-corrected chi connectivity index (χ2v) is 6.37. The molecule has 4 rings (SSSR count). The molecule has 2 aromatic heterocycles. The van der Waals surface area contributed by atoms with Crippen LogP contribution < -0.4 is 10.1 Å². The van der Waals surface area contributed by atoms with Crippen LogP contribution in [0.15, 0.2) is 47.1 Å². The summed E-state index contributed by atoms with van der Waals surface area (Å²) in [6, 6.07) is 11.4. The van der Waals surface area contributed by atoms with E-state index in [1.165, 1.54) is 6.20 Å². The Kier molecular flexibility index (Phi) is 5.18. The zero-order valence-corrected chi connectivity index (χ0v) is 15.4. The van der Waals surface area contributed by atoms with Gasteiger partial charge in [-0.05, 0) is 44.0 Å². The number of hydrogen-bond acceptors (Lipinski definition) is 8. The van der Waals surface area contributed by atoms with Crippen LogP contribution in [-0.2, 0) is 11.3 Å². The molecule has 144 valence electrons. The molecule has 0 bridgehead atoms. The van der Waals surface area contributed by atoms with Crippen molar-refractivity contribution in [2.45, 2.75) is 32.4 Å². The maximum atomic E-state index is 12.2. The standard InChI is InChI=1S/C20H20N4O4/c1-2-26-16-6-4-3-5-15(16)19-23-18(28-24-19)12-27-20(25)13-7-10-17(21-11-13)22-14-8-9-14/h3-7,10-11,14H,2,8-9,12H2,1H3,(H,21,22). The third-order valence-electron chi connectivity index (χ3n) is 4.15. The summed E-state index contributed by atoms with van der Waals surface area (Å²) in [6.45, 7) is 2.31. The monoisotopic (exact) mass is 380 g/mol. The van der Waals surface area contributed by atoms with Gasteiger partial charge in [-0.1, -0.05) is 17.3 Å². The Morgan fingerprint density at radius 2 is 2.11 bits per heavy atom. The number of carbonyl (C=O) groups is 1. The maximum Gasteiger partial charge on any atom is 0.340 e. The van der Waals surface area contributed by atoms with Crippen LogP contribution >= 0.6 is 0 Å². The van der Waals surface area contributed by atoms with Gasteiger partial charge in [0.25, 0.3) is 5.89 Å². The summed E-state index contributed by atoms with van der Waals surface area (Å²) in [4.78, 5) is 20.7. The lowest BCUT2D eigenvalue weighted by atomic mass is 10.2. The Hall–Kier alpha value is -3.42. The van der Waals surface area contributed by atoms with E-state index in [0.29, 0.717) is 35.3 Å². The van der Waals surface area contributed by atoms with Crippen molar-refractivity contribution >= 4 is 11.8 Å². The molecule has 0 spiro atoms. The van der Waals surface area contributed by atoms with E-state index < -0.39 is 5.97 Å². The third-order valence-corrected chi connectivity index (χ3v) is 4.15. The van der Waals surface area contributed by atoms with Crippen molar-refractivity contribution in [2.75, 3.05) is 11.9 Å². The molecule has 1 aliphatic rings. The Balaban J connectivity index is 1.37. The number of nitrogens with zero attached hydrogens (tertiary/aromatic N) is 3. The van der Waals surface area contributed by atoms with Crippen molar-refractivity contribution in [2.24, 2.45) is 0 Å². The Morgan fingerprint density at radius 1 is 1.25 bits per heavy atom. The summed E-state index contributed by atoms with van der Waals surface area (Å²) in [5.41, 5.74) is 1.08. The molecule has 8 heteroatoms. The molecule has 8 nitrogen and oxygen atoms in total. The summed E-state index contributed by atoms with van der Waals surface area (Å²) in [6.07, 6.45) is 3.81. The summed E-state index contributed by atoms with van der Waals surface area (Å²) in [5, 5.41) is 7.21. The van der Waals surface area contributed by atoms with E-state index in [-0.39, 0.29) is 12.5 Å². The Morgan fingerprint density at radius 3 is 2.86 bits per heavy atom. The molecule has 0 amide bonds. The molecule has 2 heterocycles. The number of benzene rings is 1. The first kappa shape index (κ1) is 18.0. The van der Waals surface area contributed by atoms with Crippen LogP contribution in [0.4, 0.5) is 5.82 Å². The first-order valence-corrected chi connectivity index (χ1v) is 9.17. The van der Waals surface area contributed by atoms with E-state index in [4.69, 9.17) is 14.0 Å². The van der Waals surface area contributed by atoms with Crippen molar-refractivity contribution in [3.63, 3.8) is 0 Å². The second kappa shape index (κ2) is 8.08. The highest BCUT2D eigenvalue weighted by molar-refractivity contribution is 5.89. The molecule has 0 aliphatic heterocycles. The van der Waals surface area contributed by atoms with Gasteiger partial charge in [-0.2, -0.15) is 4.98 Å². The molecule has 0 atom stereocenters. The Labute approximate surface area is 161 Å². The fourth-order valence-corrected chi connectivity index (χ4v) is 2.60. The number of aromatic nitrogens is 3. The summed E-state index contributed by atoms with van der Waals surface area (Å²) < 4.78 is 16.0.